The maximum absolute atomic E-state index is 12.1. The van der Waals surface area contributed by atoms with E-state index in [0.29, 0.717) is 32.7 Å². The Kier molecular flexibility index (Phi) is 5.00. The lowest BCUT2D eigenvalue weighted by atomic mass is 10.2. The first kappa shape index (κ1) is 14.1. The Morgan fingerprint density at radius 2 is 2.00 bits per heavy atom. The van der Waals surface area contributed by atoms with Crippen molar-refractivity contribution >= 4 is 17.1 Å². The van der Waals surface area contributed by atoms with Gasteiger partial charge in [-0.25, -0.2) is 4.90 Å². The molecule has 2 rings (SSSR count). The van der Waals surface area contributed by atoms with Crippen LogP contribution >= 0.6 is 0 Å². The first-order valence-electron chi connectivity index (χ1n) is 6.10. The van der Waals surface area contributed by atoms with Crippen molar-refractivity contribution in [2.75, 3.05) is 32.1 Å². The van der Waals surface area contributed by atoms with Crippen molar-refractivity contribution in [1.82, 2.24) is 4.90 Å². The zero-order valence-electron chi connectivity index (χ0n) is 10.5. The van der Waals surface area contributed by atoms with Gasteiger partial charge in [-0.05, 0) is 24.1 Å². The molecule has 6 nitrogen and oxygen atoms in total. The predicted octanol–water partition coefficient (Wildman–Crippen LogP) is -0.304. The molecule has 1 aliphatic rings. The fraction of sp³-hybridized carbons (Fsp3) is 0.500. The number of pyridine rings is 1. The lowest BCUT2D eigenvalue weighted by molar-refractivity contribution is -0.578. The van der Waals surface area contributed by atoms with Gasteiger partial charge in [-0.1, -0.05) is 11.1 Å². The molecule has 104 valence electrons. The van der Waals surface area contributed by atoms with E-state index in [9.17, 15) is 13.6 Å². The molecule has 19 heavy (non-hydrogen) atoms. The molecule has 0 saturated carbocycles. The molecule has 1 fully saturated rings. The zero-order chi connectivity index (χ0) is 13.7. The minimum Gasteiger partial charge on any atom is -0.772 e. The molecule has 1 amide bonds. The number of nitrogens with zero attached hydrogens (tertiary/aromatic N) is 2. The second-order valence-corrected chi connectivity index (χ2v) is 5.27. The molecule has 1 atom stereocenters. The summed E-state index contributed by atoms with van der Waals surface area (Å²) in [6.45, 7) is 2.34. The number of carbonyl (C=O) groups excluding carboxylic acids is 1. The van der Waals surface area contributed by atoms with Crippen LogP contribution in [0.2, 0.25) is 0 Å². The van der Waals surface area contributed by atoms with Crippen LogP contribution in [0.4, 0.5) is 4.79 Å². The quantitative estimate of drug-likeness (QED) is 0.564. The second-order valence-electron chi connectivity index (χ2n) is 4.25. The lowest BCUT2D eigenvalue weighted by Gasteiger charge is -2.19. The number of aryl methyl sites for hydroxylation is 1. The van der Waals surface area contributed by atoms with Crippen LogP contribution in [0.15, 0.2) is 24.5 Å². The Balaban J connectivity index is 1.97. The van der Waals surface area contributed by atoms with Crippen molar-refractivity contribution in [2.45, 2.75) is 6.42 Å². The average molecular weight is 284 g/mol. The predicted molar refractivity (Wildman–Crippen MR) is 67.3 cm³/mol. The minimum atomic E-state index is -2.03. The highest BCUT2D eigenvalue weighted by molar-refractivity contribution is 7.79. The first-order valence-corrected chi connectivity index (χ1v) is 7.34. The molecule has 1 aromatic rings. The van der Waals surface area contributed by atoms with E-state index in [0.717, 1.165) is 5.56 Å². The normalized spacial score (nSPS) is 17.2. The van der Waals surface area contributed by atoms with Gasteiger partial charge in [-0.2, -0.15) is 9.36 Å². The maximum atomic E-state index is 12.1. The Morgan fingerprint density at radius 1 is 1.37 bits per heavy atom. The monoisotopic (exact) mass is 284 g/mol. The Labute approximate surface area is 114 Å². The maximum Gasteiger partial charge on any atom is 0.498 e. The fourth-order valence-electron chi connectivity index (χ4n) is 1.87. The van der Waals surface area contributed by atoms with E-state index in [2.05, 4.69) is 0 Å². The second kappa shape index (κ2) is 6.74. The van der Waals surface area contributed by atoms with Crippen LogP contribution in [0.5, 0.6) is 0 Å². The van der Waals surface area contributed by atoms with Crippen molar-refractivity contribution in [3.63, 3.8) is 0 Å². The molecular formula is C12H16N2O4S. The molecule has 0 radical (unpaired) electrons. The van der Waals surface area contributed by atoms with Crippen molar-refractivity contribution < 1.29 is 22.9 Å². The number of carbonyl (C=O) groups is 1. The van der Waals surface area contributed by atoms with Crippen LogP contribution in [0.25, 0.3) is 0 Å². The number of rotatable bonds is 3. The number of hydrogen-bond donors (Lipinski definition) is 0. The topological polar surface area (TPSA) is 73.5 Å². The van der Waals surface area contributed by atoms with Crippen LogP contribution in [-0.2, 0) is 22.2 Å². The Morgan fingerprint density at radius 3 is 2.58 bits per heavy atom. The van der Waals surface area contributed by atoms with Crippen LogP contribution in [0.3, 0.4) is 0 Å². The molecule has 0 N–H and O–H groups in total. The number of morpholine rings is 1. The van der Waals surface area contributed by atoms with Crippen molar-refractivity contribution in [3.05, 3.63) is 30.1 Å². The third-order valence-electron chi connectivity index (χ3n) is 2.96. The smallest absolute Gasteiger partial charge is 0.498 e. The fourth-order valence-corrected chi connectivity index (χ4v) is 2.27. The molecule has 7 heteroatoms. The molecule has 1 unspecified atom stereocenters. The average Bonchev–Trinajstić information content (AvgIpc) is 2.46. The summed E-state index contributed by atoms with van der Waals surface area (Å²) in [5.74, 6) is 0.0986. The summed E-state index contributed by atoms with van der Waals surface area (Å²) < 4.78 is 27.7. The molecule has 1 saturated heterocycles. The van der Waals surface area contributed by atoms with Gasteiger partial charge in [-0.15, -0.1) is 0 Å². The van der Waals surface area contributed by atoms with Crippen LogP contribution in [0, 0.1) is 0 Å². The Hall–Kier alpha value is -1.31. The highest BCUT2D eigenvalue weighted by atomic mass is 32.2. The van der Waals surface area contributed by atoms with Gasteiger partial charge in [0, 0.05) is 5.75 Å². The largest absolute Gasteiger partial charge is 0.772 e. The summed E-state index contributed by atoms with van der Waals surface area (Å²) in [6.07, 6.45) is 3.80. The SMILES string of the molecule is O=C(N1CCOCC1)[n+]1ccc(CCS(=O)[O-])cc1. The first-order chi connectivity index (χ1) is 9.16. The van der Waals surface area contributed by atoms with E-state index in [1.807, 2.05) is 0 Å². The van der Waals surface area contributed by atoms with Crippen molar-refractivity contribution in [3.8, 4) is 0 Å². The molecule has 0 aliphatic carbocycles. The third-order valence-corrected chi connectivity index (χ3v) is 3.50. The van der Waals surface area contributed by atoms with Gasteiger partial charge < -0.3 is 9.29 Å². The molecular weight excluding hydrogens is 268 g/mol. The molecule has 0 bridgehead atoms. The molecule has 2 heterocycles. The van der Waals surface area contributed by atoms with E-state index in [1.54, 1.807) is 29.4 Å². The summed E-state index contributed by atoms with van der Waals surface area (Å²) in [7, 11) is 0. The van der Waals surface area contributed by atoms with Gasteiger partial charge in [0.05, 0.1) is 25.6 Å². The summed E-state index contributed by atoms with van der Waals surface area (Å²) in [6, 6.07) is 3.46. The molecule has 1 aromatic heterocycles. The van der Waals surface area contributed by atoms with Crippen LogP contribution in [0.1, 0.15) is 5.56 Å². The van der Waals surface area contributed by atoms with Crippen molar-refractivity contribution in [1.29, 1.82) is 0 Å². The van der Waals surface area contributed by atoms with Gasteiger partial charge in [0.15, 0.2) is 0 Å². The highest BCUT2D eigenvalue weighted by Gasteiger charge is 2.26. The summed E-state index contributed by atoms with van der Waals surface area (Å²) in [5.41, 5.74) is 0.898. The van der Waals surface area contributed by atoms with Crippen LogP contribution in [-0.4, -0.2) is 51.7 Å². The van der Waals surface area contributed by atoms with E-state index in [4.69, 9.17) is 4.74 Å². The number of ether oxygens (including phenoxy) is 1. The standard InChI is InChI=1S/C12H16N2O4S/c15-12(14-6-8-18-9-7-14)13-4-1-11(2-5-13)3-10-19(16)17/h1-2,4-5H,3,6-10H2. The molecule has 1 aliphatic heterocycles. The summed E-state index contributed by atoms with van der Waals surface area (Å²) in [5, 5.41) is 0. The van der Waals surface area contributed by atoms with E-state index >= 15 is 0 Å². The lowest BCUT2D eigenvalue weighted by Crippen LogP contribution is -2.55. The van der Waals surface area contributed by atoms with Gasteiger partial charge in [0.2, 0.25) is 0 Å². The number of aromatic nitrogens is 1. The zero-order valence-corrected chi connectivity index (χ0v) is 11.3. The minimum absolute atomic E-state index is 0.0812. The van der Waals surface area contributed by atoms with E-state index < -0.39 is 11.1 Å². The number of hydrogen-bond acceptors (Lipinski definition) is 4. The highest BCUT2D eigenvalue weighted by Crippen LogP contribution is 2.00. The van der Waals surface area contributed by atoms with Gasteiger partial charge in [0.25, 0.3) is 0 Å². The van der Waals surface area contributed by atoms with Gasteiger partial charge in [-0.3, -0.25) is 4.21 Å². The van der Waals surface area contributed by atoms with E-state index in [1.165, 1.54) is 4.57 Å². The number of amides is 1. The summed E-state index contributed by atoms with van der Waals surface area (Å²) >= 11 is -2.03. The molecule has 0 aromatic carbocycles. The van der Waals surface area contributed by atoms with Crippen molar-refractivity contribution in [2.24, 2.45) is 0 Å². The van der Waals surface area contributed by atoms with Gasteiger partial charge in [0.1, 0.15) is 13.1 Å². The summed E-state index contributed by atoms with van der Waals surface area (Å²) in [4.78, 5) is 13.8. The van der Waals surface area contributed by atoms with Crippen LogP contribution < -0.4 is 4.57 Å². The third kappa shape index (κ3) is 4.09. The van der Waals surface area contributed by atoms with Gasteiger partial charge >= 0.3 is 6.03 Å². The Bertz CT molecular complexity index is 457. The van der Waals surface area contributed by atoms with E-state index in [-0.39, 0.29) is 11.8 Å². The molecule has 0 spiro atoms.